The van der Waals surface area contributed by atoms with E-state index in [1.54, 1.807) is 0 Å². The molecule has 1 aliphatic heterocycles. The SMILES string of the molecule is O=C(O)C[C@@H]1CCNC[C@@H]1O. The molecule has 4 nitrogen and oxygen atoms in total. The third kappa shape index (κ3) is 2.48. The van der Waals surface area contributed by atoms with E-state index in [-0.39, 0.29) is 12.3 Å². The van der Waals surface area contributed by atoms with Crippen LogP contribution in [-0.2, 0) is 4.79 Å². The van der Waals surface area contributed by atoms with Crippen LogP contribution in [-0.4, -0.2) is 35.4 Å². The second kappa shape index (κ2) is 3.69. The van der Waals surface area contributed by atoms with Crippen LogP contribution in [0, 0.1) is 5.92 Å². The van der Waals surface area contributed by atoms with Gasteiger partial charge in [-0.2, -0.15) is 0 Å². The summed E-state index contributed by atoms with van der Waals surface area (Å²) in [6.07, 6.45) is 0.357. The highest BCUT2D eigenvalue weighted by Crippen LogP contribution is 2.15. The highest BCUT2D eigenvalue weighted by molar-refractivity contribution is 5.67. The van der Waals surface area contributed by atoms with Gasteiger partial charge in [-0.3, -0.25) is 4.79 Å². The molecule has 0 aromatic rings. The number of aliphatic hydroxyl groups is 1. The average molecular weight is 159 g/mol. The summed E-state index contributed by atoms with van der Waals surface area (Å²) in [5.41, 5.74) is 0. The molecule has 11 heavy (non-hydrogen) atoms. The molecule has 0 aromatic carbocycles. The first-order valence-corrected chi connectivity index (χ1v) is 3.80. The number of aliphatic carboxylic acids is 1. The van der Waals surface area contributed by atoms with Crippen molar-refractivity contribution in [1.29, 1.82) is 0 Å². The topological polar surface area (TPSA) is 69.6 Å². The minimum absolute atomic E-state index is 0.0613. The Labute approximate surface area is 65.2 Å². The Balaban J connectivity index is 2.35. The van der Waals surface area contributed by atoms with E-state index >= 15 is 0 Å². The summed E-state index contributed by atoms with van der Waals surface area (Å²) in [6.45, 7) is 1.34. The van der Waals surface area contributed by atoms with E-state index in [0.29, 0.717) is 6.54 Å². The van der Waals surface area contributed by atoms with Crippen LogP contribution in [0.25, 0.3) is 0 Å². The van der Waals surface area contributed by atoms with Crippen molar-refractivity contribution in [3.8, 4) is 0 Å². The number of carboxylic acids is 1. The number of hydrogen-bond donors (Lipinski definition) is 3. The summed E-state index contributed by atoms with van der Waals surface area (Å²) in [5, 5.41) is 20.7. The highest BCUT2D eigenvalue weighted by Gasteiger charge is 2.24. The highest BCUT2D eigenvalue weighted by atomic mass is 16.4. The Hall–Kier alpha value is -0.610. The fourth-order valence-corrected chi connectivity index (χ4v) is 1.36. The predicted octanol–water partition coefficient (Wildman–Crippen LogP) is -0.569. The zero-order valence-electron chi connectivity index (χ0n) is 6.29. The van der Waals surface area contributed by atoms with E-state index in [2.05, 4.69) is 5.32 Å². The number of hydrogen-bond acceptors (Lipinski definition) is 3. The van der Waals surface area contributed by atoms with Crippen LogP contribution >= 0.6 is 0 Å². The van der Waals surface area contributed by atoms with Gasteiger partial charge in [-0.25, -0.2) is 0 Å². The van der Waals surface area contributed by atoms with Gasteiger partial charge < -0.3 is 15.5 Å². The van der Waals surface area contributed by atoms with Crippen molar-refractivity contribution in [3.63, 3.8) is 0 Å². The molecule has 64 valence electrons. The van der Waals surface area contributed by atoms with Gasteiger partial charge in [0.05, 0.1) is 12.5 Å². The molecule has 0 aliphatic carbocycles. The Morgan fingerprint density at radius 3 is 2.91 bits per heavy atom. The molecule has 1 rings (SSSR count). The van der Waals surface area contributed by atoms with E-state index in [9.17, 15) is 9.90 Å². The number of aliphatic hydroxyl groups excluding tert-OH is 1. The molecule has 0 aromatic heterocycles. The van der Waals surface area contributed by atoms with Crippen molar-refractivity contribution in [2.45, 2.75) is 18.9 Å². The maximum atomic E-state index is 10.3. The quantitative estimate of drug-likeness (QED) is 0.504. The van der Waals surface area contributed by atoms with Gasteiger partial charge in [0, 0.05) is 6.54 Å². The number of carboxylic acid groups (broad SMARTS) is 1. The van der Waals surface area contributed by atoms with E-state index < -0.39 is 12.1 Å². The van der Waals surface area contributed by atoms with Gasteiger partial charge in [0.15, 0.2) is 0 Å². The number of nitrogens with one attached hydrogen (secondary N) is 1. The van der Waals surface area contributed by atoms with Crippen molar-refractivity contribution in [2.75, 3.05) is 13.1 Å². The molecule has 3 N–H and O–H groups in total. The lowest BCUT2D eigenvalue weighted by atomic mass is 9.92. The van der Waals surface area contributed by atoms with Gasteiger partial charge in [-0.05, 0) is 18.9 Å². The summed E-state index contributed by atoms with van der Waals surface area (Å²) in [6, 6.07) is 0. The average Bonchev–Trinajstić information content (AvgIpc) is 1.93. The van der Waals surface area contributed by atoms with Gasteiger partial charge >= 0.3 is 5.97 Å². The van der Waals surface area contributed by atoms with E-state index in [1.807, 2.05) is 0 Å². The maximum absolute atomic E-state index is 10.3. The largest absolute Gasteiger partial charge is 0.481 e. The second-order valence-corrected chi connectivity index (χ2v) is 2.92. The third-order valence-corrected chi connectivity index (χ3v) is 2.03. The minimum Gasteiger partial charge on any atom is -0.481 e. The molecular formula is C7H13NO3. The molecule has 1 saturated heterocycles. The molecule has 1 fully saturated rings. The van der Waals surface area contributed by atoms with Crippen LogP contribution in [0.4, 0.5) is 0 Å². The van der Waals surface area contributed by atoms with Crippen molar-refractivity contribution in [3.05, 3.63) is 0 Å². The standard InChI is InChI=1S/C7H13NO3/c9-6-4-8-2-1-5(6)3-7(10)11/h5-6,8-9H,1-4H2,(H,10,11)/t5-,6-/m0/s1. The number of carbonyl (C=O) groups is 1. The van der Waals surface area contributed by atoms with Crippen LogP contribution in [0.1, 0.15) is 12.8 Å². The molecule has 2 atom stereocenters. The summed E-state index contributed by atoms with van der Waals surface area (Å²) in [7, 11) is 0. The molecule has 1 heterocycles. The van der Waals surface area contributed by atoms with Crippen molar-refractivity contribution < 1.29 is 15.0 Å². The molecule has 0 saturated carbocycles. The summed E-state index contributed by atoms with van der Waals surface area (Å²) >= 11 is 0. The van der Waals surface area contributed by atoms with Gasteiger partial charge in [0.2, 0.25) is 0 Å². The minimum atomic E-state index is -0.823. The lowest BCUT2D eigenvalue weighted by Crippen LogP contribution is -2.41. The van der Waals surface area contributed by atoms with Gasteiger partial charge in [-0.1, -0.05) is 0 Å². The summed E-state index contributed by atoms with van der Waals surface area (Å²) in [4.78, 5) is 10.3. The lowest BCUT2D eigenvalue weighted by Gasteiger charge is -2.26. The monoisotopic (exact) mass is 159 g/mol. The molecule has 0 unspecified atom stereocenters. The Kier molecular flexibility index (Phi) is 2.84. The van der Waals surface area contributed by atoms with Crippen LogP contribution < -0.4 is 5.32 Å². The first kappa shape index (κ1) is 8.49. The number of rotatable bonds is 2. The maximum Gasteiger partial charge on any atom is 0.303 e. The van der Waals surface area contributed by atoms with Crippen molar-refractivity contribution in [1.82, 2.24) is 5.32 Å². The van der Waals surface area contributed by atoms with Crippen LogP contribution in [0.2, 0.25) is 0 Å². The molecule has 1 aliphatic rings. The van der Waals surface area contributed by atoms with Gasteiger partial charge in [0.1, 0.15) is 0 Å². The van der Waals surface area contributed by atoms with Crippen molar-refractivity contribution >= 4 is 5.97 Å². The van der Waals surface area contributed by atoms with E-state index in [4.69, 9.17) is 5.11 Å². The molecule has 0 amide bonds. The Morgan fingerprint density at radius 2 is 2.36 bits per heavy atom. The fourth-order valence-electron chi connectivity index (χ4n) is 1.36. The number of β-amino-alcohol motifs (C(OH)–C–C–N with tert-alkyl or cyclic N) is 1. The molecule has 4 heteroatoms. The van der Waals surface area contributed by atoms with Crippen molar-refractivity contribution in [2.24, 2.45) is 5.92 Å². The Morgan fingerprint density at radius 1 is 1.64 bits per heavy atom. The first-order chi connectivity index (χ1) is 5.20. The first-order valence-electron chi connectivity index (χ1n) is 3.80. The fraction of sp³-hybridized carbons (Fsp3) is 0.857. The normalized spacial score (nSPS) is 31.7. The summed E-state index contributed by atoms with van der Waals surface area (Å²) in [5.74, 6) is -0.885. The molecule has 0 radical (unpaired) electrons. The van der Waals surface area contributed by atoms with E-state index in [0.717, 1.165) is 13.0 Å². The van der Waals surface area contributed by atoms with Crippen LogP contribution in [0.3, 0.4) is 0 Å². The summed E-state index contributed by atoms with van der Waals surface area (Å²) < 4.78 is 0. The zero-order valence-corrected chi connectivity index (χ0v) is 6.29. The van der Waals surface area contributed by atoms with E-state index in [1.165, 1.54) is 0 Å². The second-order valence-electron chi connectivity index (χ2n) is 2.92. The van der Waals surface area contributed by atoms with Gasteiger partial charge in [-0.15, -0.1) is 0 Å². The lowest BCUT2D eigenvalue weighted by molar-refractivity contribution is -0.139. The molecular weight excluding hydrogens is 146 g/mol. The third-order valence-electron chi connectivity index (χ3n) is 2.03. The van der Waals surface area contributed by atoms with Crippen LogP contribution in [0.5, 0.6) is 0 Å². The number of piperidine rings is 1. The van der Waals surface area contributed by atoms with Crippen LogP contribution in [0.15, 0.2) is 0 Å². The van der Waals surface area contributed by atoms with Gasteiger partial charge in [0.25, 0.3) is 0 Å². The molecule has 0 bridgehead atoms. The predicted molar refractivity (Wildman–Crippen MR) is 39.2 cm³/mol. The smallest absolute Gasteiger partial charge is 0.303 e. The Bertz CT molecular complexity index is 149. The zero-order chi connectivity index (χ0) is 8.27. The molecule has 0 spiro atoms.